The van der Waals surface area contributed by atoms with Crippen molar-refractivity contribution in [3.8, 4) is 0 Å². The van der Waals surface area contributed by atoms with Gasteiger partial charge in [0.05, 0.1) is 0 Å². The lowest BCUT2D eigenvalue weighted by Crippen LogP contribution is -2.12. The Morgan fingerprint density at radius 1 is 0.800 bits per heavy atom. The van der Waals surface area contributed by atoms with Gasteiger partial charge < -0.3 is 5.32 Å². The molecule has 0 bridgehead atoms. The molecule has 5 heteroatoms. The lowest BCUT2D eigenvalue weighted by atomic mass is 10.2. The van der Waals surface area contributed by atoms with Crippen LogP contribution in [-0.2, 0) is 13.1 Å². The van der Waals surface area contributed by atoms with Crippen molar-refractivity contribution < 1.29 is 13.2 Å². The molecule has 0 saturated carbocycles. The fourth-order valence-electron chi connectivity index (χ4n) is 1.76. The van der Waals surface area contributed by atoms with E-state index in [1.54, 1.807) is 12.1 Å². The molecule has 0 aromatic heterocycles. The molecular formula is C15H14F3NS. The summed E-state index contributed by atoms with van der Waals surface area (Å²) in [6.45, 7) is 1.37. The van der Waals surface area contributed by atoms with Crippen LogP contribution in [0.1, 0.15) is 11.1 Å². The minimum atomic E-state index is -4.23. The van der Waals surface area contributed by atoms with Crippen molar-refractivity contribution in [1.82, 2.24) is 5.32 Å². The van der Waals surface area contributed by atoms with Gasteiger partial charge in [-0.3, -0.25) is 0 Å². The highest BCUT2D eigenvalue weighted by Gasteiger charge is 2.28. The van der Waals surface area contributed by atoms with Gasteiger partial charge in [0.1, 0.15) is 0 Å². The van der Waals surface area contributed by atoms with Gasteiger partial charge in [-0.2, -0.15) is 13.2 Å². The molecule has 2 aromatic carbocycles. The van der Waals surface area contributed by atoms with Crippen LogP contribution >= 0.6 is 11.8 Å². The first kappa shape index (κ1) is 14.9. The lowest BCUT2D eigenvalue weighted by Gasteiger charge is -2.08. The molecule has 2 rings (SSSR count). The van der Waals surface area contributed by atoms with Crippen LogP contribution < -0.4 is 5.32 Å². The fraction of sp³-hybridized carbons (Fsp3) is 0.200. The molecule has 0 unspecified atom stereocenters. The van der Waals surface area contributed by atoms with Crippen molar-refractivity contribution in [2.75, 3.05) is 0 Å². The van der Waals surface area contributed by atoms with Crippen LogP contribution in [0.25, 0.3) is 0 Å². The summed E-state index contributed by atoms with van der Waals surface area (Å²) in [5.74, 6) is 0. The third kappa shape index (κ3) is 5.27. The molecule has 0 saturated heterocycles. The summed E-state index contributed by atoms with van der Waals surface area (Å²) >= 11 is -0.0903. The van der Waals surface area contributed by atoms with Gasteiger partial charge >= 0.3 is 5.51 Å². The summed E-state index contributed by atoms with van der Waals surface area (Å²) in [7, 11) is 0. The molecule has 0 radical (unpaired) electrons. The topological polar surface area (TPSA) is 12.0 Å². The molecule has 1 nitrogen and oxygen atoms in total. The van der Waals surface area contributed by atoms with E-state index in [4.69, 9.17) is 0 Å². The predicted octanol–water partition coefficient (Wildman–Crippen LogP) is 4.59. The Balaban J connectivity index is 1.82. The van der Waals surface area contributed by atoms with E-state index >= 15 is 0 Å². The zero-order valence-electron chi connectivity index (χ0n) is 10.7. The number of nitrogens with one attached hydrogen (secondary N) is 1. The Bertz CT molecular complexity index is 523. The van der Waals surface area contributed by atoms with Crippen molar-refractivity contribution in [3.63, 3.8) is 0 Å². The van der Waals surface area contributed by atoms with E-state index in [1.807, 2.05) is 30.3 Å². The maximum atomic E-state index is 12.2. The summed E-state index contributed by atoms with van der Waals surface area (Å²) < 4.78 is 36.5. The molecule has 0 spiro atoms. The summed E-state index contributed by atoms with van der Waals surface area (Å²) in [5, 5.41) is 3.26. The van der Waals surface area contributed by atoms with Crippen LogP contribution in [0.4, 0.5) is 13.2 Å². The summed E-state index contributed by atoms with van der Waals surface area (Å²) in [6, 6.07) is 16.4. The van der Waals surface area contributed by atoms with Gasteiger partial charge in [0.25, 0.3) is 0 Å². The van der Waals surface area contributed by atoms with Crippen LogP contribution in [0.5, 0.6) is 0 Å². The second-order valence-corrected chi connectivity index (χ2v) is 5.42. The summed E-state index contributed by atoms with van der Waals surface area (Å²) in [5.41, 5.74) is -2.09. The Kier molecular flexibility index (Phi) is 5.09. The van der Waals surface area contributed by atoms with Gasteiger partial charge in [0.15, 0.2) is 0 Å². The first-order valence-electron chi connectivity index (χ1n) is 6.12. The van der Waals surface area contributed by atoms with E-state index in [-0.39, 0.29) is 16.7 Å². The molecule has 0 aliphatic carbocycles. The van der Waals surface area contributed by atoms with Crippen LogP contribution in [0.2, 0.25) is 0 Å². The van der Waals surface area contributed by atoms with Crippen LogP contribution in [0.3, 0.4) is 0 Å². The maximum absolute atomic E-state index is 12.2. The molecule has 0 aliphatic heterocycles. The summed E-state index contributed by atoms with van der Waals surface area (Å²) in [4.78, 5) is 0.212. The third-order valence-corrected chi connectivity index (χ3v) is 3.40. The van der Waals surface area contributed by atoms with Gasteiger partial charge in [0, 0.05) is 18.0 Å². The fourth-order valence-corrected chi connectivity index (χ4v) is 2.30. The van der Waals surface area contributed by atoms with E-state index in [1.165, 1.54) is 17.7 Å². The van der Waals surface area contributed by atoms with Crippen molar-refractivity contribution in [2.45, 2.75) is 23.5 Å². The minimum Gasteiger partial charge on any atom is -0.309 e. The van der Waals surface area contributed by atoms with Gasteiger partial charge in [-0.25, -0.2) is 0 Å². The second kappa shape index (κ2) is 6.81. The molecule has 20 heavy (non-hydrogen) atoms. The van der Waals surface area contributed by atoms with Gasteiger partial charge in [-0.15, -0.1) is 0 Å². The Labute approximate surface area is 120 Å². The maximum Gasteiger partial charge on any atom is 0.446 e. The molecule has 106 valence electrons. The van der Waals surface area contributed by atoms with Gasteiger partial charge in [-0.05, 0) is 35.0 Å². The van der Waals surface area contributed by atoms with Crippen LogP contribution in [0, 0.1) is 0 Å². The average Bonchev–Trinajstić information content (AvgIpc) is 2.40. The number of hydrogen-bond acceptors (Lipinski definition) is 2. The molecule has 0 aliphatic rings. The zero-order chi connectivity index (χ0) is 14.4. The Hall–Kier alpha value is -1.46. The number of hydrogen-bond donors (Lipinski definition) is 1. The zero-order valence-corrected chi connectivity index (χ0v) is 11.5. The Morgan fingerprint density at radius 3 is 1.90 bits per heavy atom. The van der Waals surface area contributed by atoms with Crippen molar-refractivity contribution in [3.05, 3.63) is 65.7 Å². The van der Waals surface area contributed by atoms with E-state index in [0.717, 1.165) is 12.1 Å². The Morgan fingerprint density at radius 2 is 1.35 bits per heavy atom. The average molecular weight is 297 g/mol. The number of rotatable bonds is 5. The SMILES string of the molecule is FC(F)(F)Sc1ccc(CNCc2ccccc2)cc1. The summed E-state index contributed by atoms with van der Waals surface area (Å²) in [6.07, 6.45) is 0. The number of benzene rings is 2. The van der Waals surface area contributed by atoms with E-state index in [0.29, 0.717) is 6.54 Å². The quantitative estimate of drug-likeness (QED) is 0.810. The van der Waals surface area contributed by atoms with E-state index < -0.39 is 5.51 Å². The normalized spacial score (nSPS) is 11.6. The minimum absolute atomic E-state index is 0.0903. The number of alkyl halides is 3. The van der Waals surface area contributed by atoms with Crippen LogP contribution in [0.15, 0.2) is 59.5 Å². The lowest BCUT2D eigenvalue weighted by molar-refractivity contribution is -0.0328. The highest BCUT2D eigenvalue weighted by Crippen LogP contribution is 2.36. The van der Waals surface area contributed by atoms with Crippen LogP contribution in [-0.4, -0.2) is 5.51 Å². The number of thioether (sulfide) groups is 1. The highest BCUT2D eigenvalue weighted by atomic mass is 32.2. The first-order valence-corrected chi connectivity index (χ1v) is 6.94. The standard InChI is InChI=1S/C15H14F3NS/c16-15(17,18)20-14-8-6-13(7-9-14)11-19-10-12-4-2-1-3-5-12/h1-9,19H,10-11H2. The molecule has 2 aromatic rings. The molecule has 0 atom stereocenters. The van der Waals surface area contributed by atoms with Crippen molar-refractivity contribution in [1.29, 1.82) is 0 Å². The van der Waals surface area contributed by atoms with Crippen molar-refractivity contribution >= 4 is 11.8 Å². The monoisotopic (exact) mass is 297 g/mol. The third-order valence-electron chi connectivity index (χ3n) is 2.66. The van der Waals surface area contributed by atoms with Crippen molar-refractivity contribution in [2.24, 2.45) is 0 Å². The molecule has 0 heterocycles. The second-order valence-electron chi connectivity index (χ2n) is 4.28. The molecule has 1 N–H and O–H groups in total. The van der Waals surface area contributed by atoms with Gasteiger partial charge in [-0.1, -0.05) is 42.5 Å². The molecule has 0 amide bonds. The number of halogens is 3. The molecular weight excluding hydrogens is 283 g/mol. The van der Waals surface area contributed by atoms with E-state index in [2.05, 4.69) is 5.32 Å². The highest BCUT2D eigenvalue weighted by molar-refractivity contribution is 8.00. The predicted molar refractivity (Wildman–Crippen MR) is 75.3 cm³/mol. The van der Waals surface area contributed by atoms with Gasteiger partial charge in [0.2, 0.25) is 0 Å². The smallest absolute Gasteiger partial charge is 0.309 e. The largest absolute Gasteiger partial charge is 0.446 e. The first-order chi connectivity index (χ1) is 9.53. The molecule has 0 fully saturated rings. The van der Waals surface area contributed by atoms with E-state index in [9.17, 15) is 13.2 Å².